The van der Waals surface area contributed by atoms with E-state index in [2.05, 4.69) is 103 Å². The molecule has 5 nitrogen and oxygen atoms in total. The maximum Gasteiger partial charge on any atom is 0.314 e. The van der Waals surface area contributed by atoms with Gasteiger partial charge in [-0.05, 0) is 113 Å². The van der Waals surface area contributed by atoms with Gasteiger partial charge in [0.2, 0.25) is 0 Å². The normalized spacial score (nSPS) is 13.3. The van der Waals surface area contributed by atoms with Gasteiger partial charge >= 0.3 is 25.7 Å². The Bertz CT molecular complexity index is 1140. The van der Waals surface area contributed by atoms with Crippen molar-refractivity contribution in [3.63, 3.8) is 0 Å². The lowest BCUT2D eigenvalue weighted by Crippen LogP contribution is -2.58. The number of nitrogens with zero attached hydrogens (tertiary/aromatic N) is 1. The van der Waals surface area contributed by atoms with Crippen molar-refractivity contribution in [2.45, 2.75) is 123 Å². The van der Waals surface area contributed by atoms with Crippen LogP contribution in [0.2, 0.25) is 77.6 Å². The molecule has 2 aromatic carbocycles. The molecule has 0 atom stereocenters. The van der Waals surface area contributed by atoms with Crippen molar-refractivity contribution in [1.82, 2.24) is 0 Å². The maximum atomic E-state index is 9.04. The molecule has 0 bridgehead atoms. The van der Waals surface area contributed by atoms with Crippen LogP contribution in [0.4, 0.5) is 0 Å². The summed E-state index contributed by atoms with van der Waals surface area (Å²) >= 11 is 0. The highest BCUT2D eigenvalue weighted by atomic mass is 28.5. The quantitative estimate of drug-likeness (QED) is 0.118. The molecule has 0 aliphatic carbocycles. The third-order valence-electron chi connectivity index (χ3n) is 7.23. The predicted molar refractivity (Wildman–Crippen MR) is 190 cm³/mol. The minimum absolute atomic E-state index is 0.684. The van der Waals surface area contributed by atoms with E-state index in [1.807, 2.05) is 24.3 Å². The Kier molecular flexibility index (Phi) is 13.9. The summed E-state index contributed by atoms with van der Waals surface area (Å²) in [5.74, 6) is 0. The first-order valence-electron chi connectivity index (χ1n) is 15.8. The Morgan fingerprint density at radius 1 is 0.548 bits per heavy atom. The summed E-state index contributed by atoms with van der Waals surface area (Å²) in [6.45, 7) is 24.6. The highest BCUT2D eigenvalue weighted by Gasteiger charge is 2.45. The molecule has 10 heteroatoms. The van der Waals surface area contributed by atoms with Gasteiger partial charge in [0, 0.05) is 0 Å². The van der Waals surface area contributed by atoms with Crippen LogP contribution in [0.25, 0.3) is 11.1 Å². The standard InChI is InChI=1S/C32H57NO4Si5/c1-12-13-14-15-16-26-38(2,3)34-40(6,7)36-42(10,11)37-41(8,9)35-39(4,5)27-25-29-17-21-31(22-18-29)32-23-19-30(28-33)20-24-32/h17-24H,12-16,25-27H2,1-11H3. The third kappa shape index (κ3) is 14.1. The zero-order valence-electron chi connectivity index (χ0n) is 28.4. The van der Waals surface area contributed by atoms with Crippen molar-refractivity contribution in [2.75, 3.05) is 0 Å². The lowest BCUT2D eigenvalue weighted by Gasteiger charge is -2.42. The third-order valence-corrected chi connectivity index (χ3v) is 26.5. The summed E-state index contributed by atoms with van der Waals surface area (Å²) < 4.78 is 27.2. The Morgan fingerprint density at radius 2 is 0.976 bits per heavy atom. The molecule has 42 heavy (non-hydrogen) atoms. The van der Waals surface area contributed by atoms with Gasteiger partial charge in [-0.25, -0.2) is 0 Å². The second-order valence-electron chi connectivity index (χ2n) is 14.2. The van der Waals surface area contributed by atoms with Gasteiger partial charge < -0.3 is 16.5 Å². The van der Waals surface area contributed by atoms with Crippen LogP contribution in [-0.4, -0.2) is 42.3 Å². The van der Waals surface area contributed by atoms with E-state index >= 15 is 0 Å². The summed E-state index contributed by atoms with van der Waals surface area (Å²) in [4.78, 5) is 0. The number of benzene rings is 2. The lowest BCUT2D eigenvalue weighted by atomic mass is 10.0. The summed E-state index contributed by atoms with van der Waals surface area (Å²) in [5, 5.41) is 9.04. The lowest BCUT2D eigenvalue weighted by molar-refractivity contribution is 0.298. The molecule has 0 fully saturated rings. The van der Waals surface area contributed by atoms with Crippen molar-refractivity contribution in [3.05, 3.63) is 59.7 Å². The van der Waals surface area contributed by atoms with E-state index in [0.717, 1.165) is 18.0 Å². The molecule has 0 saturated carbocycles. The molecule has 0 amide bonds. The number of aryl methyl sites for hydroxylation is 1. The molecule has 0 radical (unpaired) electrons. The molecule has 0 spiro atoms. The van der Waals surface area contributed by atoms with Gasteiger partial charge in [0.15, 0.2) is 16.6 Å². The van der Waals surface area contributed by atoms with E-state index in [9.17, 15) is 0 Å². The van der Waals surface area contributed by atoms with Gasteiger partial charge in [-0.15, -0.1) is 0 Å². The predicted octanol–water partition coefficient (Wildman–Crippen LogP) is 10.3. The van der Waals surface area contributed by atoms with Crippen LogP contribution >= 0.6 is 0 Å². The van der Waals surface area contributed by atoms with Gasteiger partial charge in [-0.2, -0.15) is 5.26 Å². The van der Waals surface area contributed by atoms with Gasteiger partial charge in [-0.3, -0.25) is 0 Å². The summed E-state index contributed by atoms with van der Waals surface area (Å²) in [6.07, 6.45) is 7.50. The molecular formula is C32H57NO4Si5. The molecule has 0 heterocycles. The average molecular weight is 660 g/mol. The Labute approximate surface area is 263 Å². The topological polar surface area (TPSA) is 60.7 Å². The van der Waals surface area contributed by atoms with E-state index in [0.29, 0.717) is 5.56 Å². The fourth-order valence-corrected chi connectivity index (χ4v) is 30.4. The number of rotatable bonds is 18. The van der Waals surface area contributed by atoms with Crippen molar-refractivity contribution >= 4 is 42.3 Å². The van der Waals surface area contributed by atoms with Crippen LogP contribution in [-0.2, 0) is 22.9 Å². The fourth-order valence-electron chi connectivity index (χ4n) is 5.88. The molecule has 0 N–H and O–H groups in total. The van der Waals surface area contributed by atoms with Gasteiger partial charge in [-0.1, -0.05) is 75.4 Å². The molecular weight excluding hydrogens is 603 g/mol. The highest BCUT2D eigenvalue weighted by molar-refractivity contribution is 6.90. The zero-order chi connectivity index (χ0) is 31.7. The number of hydrogen-bond donors (Lipinski definition) is 0. The largest absolute Gasteiger partial charge is 0.436 e. The van der Waals surface area contributed by atoms with E-state index in [1.165, 1.54) is 49.3 Å². The molecule has 0 aromatic heterocycles. The molecule has 234 valence electrons. The molecule has 2 rings (SSSR count). The first-order valence-corrected chi connectivity index (χ1v) is 30.4. The van der Waals surface area contributed by atoms with Crippen molar-refractivity contribution in [2.24, 2.45) is 0 Å². The van der Waals surface area contributed by atoms with Crippen LogP contribution in [0.3, 0.4) is 0 Å². The smallest absolute Gasteiger partial charge is 0.314 e. The van der Waals surface area contributed by atoms with E-state index in [1.54, 1.807) is 0 Å². The van der Waals surface area contributed by atoms with E-state index in [-0.39, 0.29) is 0 Å². The second-order valence-corrected chi connectivity index (χ2v) is 33.9. The number of hydrogen-bond acceptors (Lipinski definition) is 5. The molecule has 0 aliphatic rings. The van der Waals surface area contributed by atoms with E-state index in [4.69, 9.17) is 21.7 Å². The van der Waals surface area contributed by atoms with Crippen LogP contribution in [0.15, 0.2) is 48.5 Å². The highest BCUT2D eigenvalue weighted by Crippen LogP contribution is 2.29. The minimum atomic E-state index is -2.45. The molecule has 0 unspecified atom stereocenters. The fraction of sp³-hybridized carbons (Fsp3) is 0.594. The van der Waals surface area contributed by atoms with Crippen LogP contribution in [0.1, 0.15) is 50.2 Å². The summed E-state index contributed by atoms with van der Waals surface area (Å²) in [7, 11) is -11.0. The van der Waals surface area contributed by atoms with Crippen LogP contribution in [0.5, 0.6) is 0 Å². The number of unbranched alkanes of at least 4 members (excludes halogenated alkanes) is 4. The monoisotopic (exact) mass is 659 g/mol. The Morgan fingerprint density at radius 3 is 1.45 bits per heavy atom. The Balaban J connectivity index is 1.90. The minimum Gasteiger partial charge on any atom is -0.436 e. The Hall–Kier alpha value is -1.15. The first kappa shape index (κ1) is 37.0. The van der Waals surface area contributed by atoms with Crippen molar-refractivity contribution in [1.29, 1.82) is 5.26 Å². The molecule has 0 saturated heterocycles. The van der Waals surface area contributed by atoms with Crippen LogP contribution < -0.4 is 0 Å². The summed E-state index contributed by atoms with van der Waals surface area (Å²) in [6, 6.07) is 20.9. The molecule has 2 aromatic rings. The molecule has 0 aliphatic heterocycles. The van der Waals surface area contributed by atoms with Crippen molar-refractivity contribution in [3.8, 4) is 17.2 Å². The average Bonchev–Trinajstić information content (AvgIpc) is 2.85. The second kappa shape index (κ2) is 15.7. The SMILES string of the molecule is CCCCCCC[Si](C)(C)O[Si](C)(C)O[Si](C)(C)O[Si](C)(C)O[Si](C)(C)CCc1ccc(-c2ccc(C#N)cc2)cc1. The van der Waals surface area contributed by atoms with Gasteiger partial charge in [0.1, 0.15) is 0 Å². The first-order chi connectivity index (χ1) is 19.4. The maximum absolute atomic E-state index is 9.04. The van der Waals surface area contributed by atoms with Crippen LogP contribution in [0, 0.1) is 11.3 Å². The van der Waals surface area contributed by atoms with E-state index < -0.39 is 42.3 Å². The zero-order valence-corrected chi connectivity index (χ0v) is 33.4. The van der Waals surface area contributed by atoms with Crippen molar-refractivity contribution < 1.29 is 16.5 Å². The van der Waals surface area contributed by atoms with Gasteiger partial charge in [0.05, 0.1) is 11.6 Å². The van der Waals surface area contributed by atoms with Gasteiger partial charge in [0.25, 0.3) is 0 Å². The number of nitriles is 1. The summed E-state index contributed by atoms with van der Waals surface area (Å²) in [5.41, 5.74) is 4.29.